The Morgan fingerprint density at radius 3 is 1.57 bits per heavy atom. The number of rotatable bonds is 3. The van der Waals surface area contributed by atoms with E-state index in [1.165, 1.54) is 38.4 Å². The number of hydrogen-bond acceptors (Lipinski definition) is 1. The van der Waals surface area contributed by atoms with Crippen LogP contribution in [-0.4, -0.2) is 0 Å². The second-order valence-corrected chi connectivity index (χ2v) is 11.4. The van der Waals surface area contributed by atoms with Gasteiger partial charge in [-0.05, 0) is 56.0 Å². The van der Waals surface area contributed by atoms with Crippen molar-refractivity contribution in [1.82, 2.24) is 0 Å². The largest absolute Gasteiger partial charge is 0.456 e. The van der Waals surface area contributed by atoms with Crippen molar-refractivity contribution in [1.29, 1.82) is 0 Å². The molecule has 0 heterocycles. The van der Waals surface area contributed by atoms with Crippen molar-refractivity contribution < 1.29 is 4.74 Å². The fourth-order valence-corrected chi connectivity index (χ4v) is 5.15. The van der Waals surface area contributed by atoms with E-state index in [1.807, 2.05) is 30.3 Å². The SMILES string of the molecule is CC(C)(C)c1cccc2c(-c3ccccc3)c3c(C(C)(C)C)cccc3c(Oc3ccccc3)c12. The van der Waals surface area contributed by atoms with Gasteiger partial charge in [-0.3, -0.25) is 0 Å². The molecule has 0 atom stereocenters. The minimum atomic E-state index is -0.0441. The van der Waals surface area contributed by atoms with E-state index in [0.29, 0.717) is 0 Å². The number of benzene rings is 5. The summed E-state index contributed by atoms with van der Waals surface area (Å²) in [4.78, 5) is 0. The van der Waals surface area contributed by atoms with Crippen LogP contribution in [0, 0.1) is 0 Å². The Balaban J connectivity index is 2.05. The van der Waals surface area contributed by atoms with Gasteiger partial charge in [0.2, 0.25) is 0 Å². The van der Waals surface area contributed by atoms with Crippen LogP contribution >= 0.6 is 0 Å². The smallest absolute Gasteiger partial charge is 0.143 e. The zero-order chi connectivity index (χ0) is 24.8. The van der Waals surface area contributed by atoms with Gasteiger partial charge in [-0.2, -0.15) is 0 Å². The molecule has 0 N–H and O–H groups in total. The minimum absolute atomic E-state index is 0.0254. The molecule has 1 heteroatoms. The average molecular weight is 459 g/mol. The molecule has 0 amide bonds. The first kappa shape index (κ1) is 23.2. The van der Waals surface area contributed by atoms with Crippen molar-refractivity contribution >= 4 is 21.5 Å². The quantitative estimate of drug-likeness (QED) is 0.244. The Hall–Kier alpha value is -3.58. The van der Waals surface area contributed by atoms with Gasteiger partial charge < -0.3 is 4.74 Å². The van der Waals surface area contributed by atoms with E-state index in [9.17, 15) is 0 Å². The maximum atomic E-state index is 6.80. The van der Waals surface area contributed by atoms with Gasteiger partial charge in [-0.15, -0.1) is 0 Å². The van der Waals surface area contributed by atoms with Gasteiger partial charge in [0.25, 0.3) is 0 Å². The highest BCUT2D eigenvalue weighted by Gasteiger charge is 2.27. The number of ether oxygens (including phenoxy) is 1. The minimum Gasteiger partial charge on any atom is -0.456 e. The normalized spacial score (nSPS) is 12.3. The predicted molar refractivity (Wildman–Crippen MR) is 151 cm³/mol. The van der Waals surface area contributed by atoms with E-state index in [0.717, 1.165) is 16.9 Å². The summed E-state index contributed by atoms with van der Waals surface area (Å²) in [5.41, 5.74) is 5.07. The molecule has 5 aromatic rings. The van der Waals surface area contributed by atoms with Gasteiger partial charge in [-0.1, -0.05) is 126 Å². The molecular weight excluding hydrogens is 424 g/mol. The summed E-state index contributed by atoms with van der Waals surface area (Å²) in [6.45, 7) is 13.7. The van der Waals surface area contributed by atoms with E-state index < -0.39 is 0 Å². The lowest BCUT2D eigenvalue weighted by molar-refractivity contribution is 0.491. The lowest BCUT2D eigenvalue weighted by Gasteiger charge is -2.28. The summed E-state index contributed by atoms with van der Waals surface area (Å²) in [5, 5.41) is 4.86. The van der Waals surface area contributed by atoms with E-state index in [2.05, 4.69) is 108 Å². The molecule has 0 saturated carbocycles. The molecule has 0 spiro atoms. The lowest BCUT2D eigenvalue weighted by Crippen LogP contribution is -2.14. The monoisotopic (exact) mass is 458 g/mol. The molecule has 0 aliphatic carbocycles. The third kappa shape index (κ3) is 4.21. The van der Waals surface area contributed by atoms with Crippen LogP contribution in [0.4, 0.5) is 0 Å². The van der Waals surface area contributed by atoms with Gasteiger partial charge in [0.15, 0.2) is 0 Å². The second kappa shape index (κ2) is 8.57. The molecule has 0 radical (unpaired) electrons. The van der Waals surface area contributed by atoms with Crippen LogP contribution in [0.15, 0.2) is 97.1 Å². The standard InChI is InChI=1S/C34H34O/c1-33(2,3)27-21-14-20-26-30(27)29(23-15-9-7-10-16-23)25-19-13-22-28(34(4,5)6)31(25)32(26)35-24-17-11-8-12-18-24/h7-22H,1-6H3. The molecular formula is C34H34O. The summed E-state index contributed by atoms with van der Waals surface area (Å²) >= 11 is 0. The Kier molecular flexibility index (Phi) is 5.68. The van der Waals surface area contributed by atoms with Crippen molar-refractivity contribution in [3.8, 4) is 22.6 Å². The Morgan fingerprint density at radius 1 is 0.486 bits per heavy atom. The summed E-state index contributed by atoms with van der Waals surface area (Å²) in [7, 11) is 0. The molecule has 5 rings (SSSR count). The number of para-hydroxylation sites is 1. The Bertz CT molecular complexity index is 1500. The summed E-state index contributed by atoms with van der Waals surface area (Å²) in [5.74, 6) is 1.80. The molecule has 0 aliphatic rings. The van der Waals surface area contributed by atoms with Gasteiger partial charge in [0.1, 0.15) is 11.5 Å². The maximum Gasteiger partial charge on any atom is 0.143 e. The average Bonchev–Trinajstić information content (AvgIpc) is 2.83. The molecule has 35 heavy (non-hydrogen) atoms. The molecule has 0 aromatic heterocycles. The van der Waals surface area contributed by atoms with Gasteiger partial charge in [-0.25, -0.2) is 0 Å². The van der Waals surface area contributed by atoms with Crippen LogP contribution in [-0.2, 0) is 10.8 Å². The number of hydrogen-bond donors (Lipinski definition) is 0. The highest BCUT2D eigenvalue weighted by molar-refractivity contribution is 6.19. The number of fused-ring (bicyclic) bond motifs is 2. The zero-order valence-electron chi connectivity index (χ0n) is 21.6. The highest BCUT2D eigenvalue weighted by Crippen LogP contribution is 2.50. The van der Waals surface area contributed by atoms with Crippen LogP contribution in [0.2, 0.25) is 0 Å². The molecule has 0 saturated heterocycles. The predicted octanol–water partition coefficient (Wildman–Crippen LogP) is 10.0. The van der Waals surface area contributed by atoms with Gasteiger partial charge >= 0.3 is 0 Å². The van der Waals surface area contributed by atoms with Crippen molar-refractivity contribution in [3.63, 3.8) is 0 Å². The zero-order valence-corrected chi connectivity index (χ0v) is 21.6. The van der Waals surface area contributed by atoms with Crippen LogP contribution in [0.5, 0.6) is 11.5 Å². The van der Waals surface area contributed by atoms with E-state index in [-0.39, 0.29) is 10.8 Å². The Labute approximate surface area is 209 Å². The first-order valence-corrected chi connectivity index (χ1v) is 12.5. The summed E-state index contributed by atoms with van der Waals surface area (Å²) in [6, 6.07) is 34.4. The topological polar surface area (TPSA) is 9.23 Å². The van der Waals surface area contributed by atoms with Crippen molar-refractivity contribution in [2.45, 2.75) is 52.4 Å². The van der Waals surface area contributed by atoms with Crippen molar-refractivity contribution in [3.05, 3.63) is 108 Å². The fourth-order valence-electron chi connectivity index (χ4n) is 5.15. The summed E-state index contributed by atoms with van der Waals surface area (Å²) < 4.78 is 6.80. The second-order valence-electron chi connectivity index (χ2n) is 11.4. The van der Waals surface area contributed by atoms with Gasteiger partial charge in [0, 0.05) is 10.8 Å². The highest BCUT2D eigenvalue weighted by atomic mass is 16.5. The molecule has 0 fully saturated rings. The molecule has 176 valence electrons. The first-order chi connectivity index (χ1) is 16.7. The van der Waals surface area contributed by atoms with Crippen molar-refractivity contribution in [2.75, 3.05) is 0 Å². The van der Waals surface area contributed by atoms with Crippen molar-refractivity contribution in [2.24, 2.45) is 0 Å². The molecule has 0 bridgehead atoms. The van der Waals surface area contributed by atoms with Crippen LogP contribution in [0.3, 0.4) is 0 Å². The molecule has 1 nitrogen and oxygen atoms in total. The van der Waals surface area contributed by atoms with Crippen LogP contribution in [0.25, 0.3) is 32.7 Å². The fraction of sp³-hybridized carbons (Fsp3) is 0.235. The molecule has 0 aliphatic heterocycles. The Morgan fingerprint density at radius 2 is 1.00 bits per heavy atom. The first-order valence-electron chi connectivity index (χ1n) is 12.5. The lowest BCUT2D eigenvalue weighted by atomic mass is 9.77. The third-order valence-electron chi connectivity index (χ3n) is 6.76. The van der Waals surface area contributed by atoms with E-state index in [1.54, 1.807) is 0 Å². The molecule has 0 unspecified atom stereocenters. The van der Waals surface area contributed by atoms with E-state index in [4.69, 9.17) is 4.74 Å². The van der Waals surface area contributed by atoms with Gasteiger partial charge in [0.05, 0.1) is 0 Å². The van der Waals surface area contributed by atoms with E-state index >= 15 is 0 Å². The summed E-state index contributed by atoms with van der Waals surface area (Å²) in [6.07, 6.45) is 0. The van der Waals surface area contributed by atoms with Crippen LogP contribution < -0.4 is 4.74 Å². The third-order valence-corrected chi connectivity index (χ3v) is 6.76. The molecule has 5 aromatic carbocycles. The maximum absolute atomic E-state index is 6.80. The van der Waals surface area contributed by atoms with Crippen LogP contribution in [0.1, 0.15) is 52.7 Å².